The predicted octanol–water partition coefficient (Wildman–Crippen LogP) is 1.62. The summed E-state index contributed by atoms with van der Waals surface area (Å²) in [7, 11) is 0. The number of aliphatic carboxylic acids is 1. The molecule has 1 heterocycles. The van der Waals surface area contributed by atoms with Gasteiger partial charge in [0.25, 0.3) is 0 Å². The second-order valence-corrected chi connectivity index (χ2v) is 4.31. The normalized spacial score (nSPS) is 17.1. The zero-order valence-corrected chi connectivity index (χ0v) is 10.2. The van der Waals surface area contributed by atoms with E-state index in [9.17, 15) is 4.79 Å². The van der Waals surface area contributed by atoms with Crippen LogP contribution in [0, 0.1) is 0 Å². The average Bonchev–Trinajstić information content (AvgIpc) is 2.38. The van der Waals surface area contributed by atoms with Crippen molar-refractivity contribution in [3.8, 4) is 0 Å². The maximum absolute atomic E-state index is 10.5. The molecule has 4 heteroatoms. The number of ether oxygens (including phenoxy) is 1. The Labute approximate surface area is 106 Å². The summed E-state index contributed by atoms with van der Waals surface area (Å²) < 4.78 is 5.31. The second-order valence-electron chi connectivity index (χ2n) is 4.31. The maximum Gasteiger partial charge on any atom is 0.328 e. The van der Waals surface area contributed by atoms with Crippen LogP contribution in [0.25, 0.3) is 6.08 Å². The van der Waals surface area contributed by atoms with Gasteiger partial charge in [0.2, 0.25) is 0 Å². The molecule has 0 saturated carbocycles. The van der Waals surface area contributed by atoms with Gasteiger partial charge in [-0.05, 0) is 17.2 Å². The van der Waals surface area contributed by atoms with Crippen LogP contribution in [0.4, 0.5) is 0 Å². The number of morpholine rings is 1. The maximum atomic E-state index is 10.5. The molecule has 0 unspecified atom stereocenters. The van der Waals surface area contributed by atoms with E-state index >= 15 is 0 Å². The van der Waals surface area contributed by atoms with Gasteiger partial charge in [0.05, 0.1) is 13.2 Å². The van der Waals surface area contributed by atoms with Crippen molar-refractivity contribution >= 4 is 12.0 Å². The third kappa shape index (κ3) is 3.98. The lowest BCUT2D eigenvalue weighted by atomic mass is 10.1. The zero-order valence-electron chi connectivity index (χ0n) is 10.2. The summed E-state index contributed by atoms with van der Waals surface area (Å²) in [6.07, 6.45) is 2.78. The van der Waals surface area contributed by atoms with Gasteiger partial charge in [-0.1, -0.05) is 24.3 Å². The molecule has 1 saturated heterocycles. The number of carboxylic acids is 1. The zero-order chi connectivity index (χ0) is 12.8. The van der Waals surface area contributed by atoms with E-state index in [4.69, 9.17) is 9.84 Å². The topological polar surface area (TPSA) is 49.8 Å². The first kappa shape index (κ1) is 12.8. The van der Waals surface area contributed by atoms with Gasteiger partial charge in [0, 0.05) is 25.7 Å². The Morgan fingerprint density at radius 3 is 2.89 bits per heavy atom. The molecule has 0 amide bonds. The first-order valence-corrected chi connectivity index (χ1v) is 6.04. The summed E-state index contributed by atoms with van der Waals surface area (Å²) in [5, 5.41) is 8.60. The van der Waals surface area contributed by atoms with E-state index < -0.39 is 5.97 Å². The fraction of sp³-hybridized carbons (Fsp3) is 0.357. The monoisotopic (exact) mass is 247 g/mol. The van der Waals surface area contributed by atoms with E-state index in [2.05, 4.69) is 11.0 Å². The number of nitrogens with zero attached hydrogens (tertiary/aromatic N) is 1. The molecule has 1 fully saturated rings. The SMILES string of the molecule is O=C(O)C=Cc1cccc(CN2CCOCC2)c1. The summed E-state index contributed by atoms with van der Waals surface area (Å²) in [5.74, 6) is -0.923. The number of rotatable bonds is 4. The van der Waals surface area contributed by atoms with Crippen LogP contribution in [0.3, 0.4) is 0 Å². The van der Waals surface area contributed by atoms with Crippen molar-refractivity contribution in [3.05, 3.63) is 41.5 Å². The first-order chi connectivity index (χ1) is 8.74. The van der Waals surface area contributed by atoms with Gasteiger partial charge in [-0.2, -0.15) is 0 Å². The van der Waals surface area contributed by atoms with Crippen molar-refractivity contribution in [1.29, 1.82) is 0 Å². The first-order valence-electron chi connectivity index (χ1n) is 6.04. The molecule has 1 N–H and O–H groups in total. The predicted molar refractivity (Wildman–Crippen MR) is 69.2 cm³/mol. The molecule has 1 aromatic carbocycles. The minimum atomic E-state index is -0.923. The highest BCUT2D eigenvalue weighted by atomic mass is 16.5. The Morgan fingerprint density at radius 1 is 1.39 bits per heavy atom. The smallest absolute Gasteiger partial charge is 0.328 e. The number of hydrogen-bond donors (Lipinski definition) is 1. The van der Waals surface area contributed by atoms with Gasteiger partial charge < -0.3 is 9.84 Å². The molecule has 2 rings (SSSR count). The molecule has 1 aliphatic rings. The largest absolute Gasteiger partial charge is 0.478 e. The third-order valence-corrected chi connectivity index (χ3v) is 2.88. The van der Waals surface area contributed by atoms with Crippen molar-refractivity contribution in [1.82, 2.24) is 4.90 Å². The van der Waals surface area contributed by atoms with Gasteiger partial charge in [0.1, 0.15) is 0 Å². The number of hydrogen-bond acceptors (Lipinski definition) is 3. The van der Waals surface area contributed by atoms with Crippen LogP contribution in [-0.2, 0) is 16.1 Å². The fourth-order valence-electron chi connectivity index (χ4n) is 1.98. The molecule has 1 aliphatic heterocycles. The van der Waals surface area contributed by atoms with Crippen molar-refractivity contribution in [3.63, 3.8) is 0 Å². The van der Waals surface area contributed by atoms with Crippen LogP contribution in [0.2, 0.25) is 0 Å². The number of carbonyl (C=O) groups is 1. The summed E-state index contributed by atoms with van der Waals surface area (Å²) in [5.41, 5.74) is 2.12. The molecule has 0 bridgehead atoms. The Hall–Kier alpha value is -1.65. The Kier molecular flexibility index (Phi) is 4.50. The Balaban J connectivity index is 2.00. The second kappa shape index (κ2) is 6.33. The van der Waals surface area contributed by atoms with Gasteiger partial charge in [-0.3, -0.25) is 4.90 Å². The lowest BCUT2D eigenvalue weighted by Crippen LogP contribution is -2.35. The van der Waals surface area contributed by atoms with Crippen LogP contribution in [-0.4, -0.2) is 42.3 Å². The minimum absolute atomic E-state index is 0.790. The molecule has 0 spiro atoms. The van der Waals surface area contributed by atoms with E-state index in [-0.39, 0.29) is 0 Å². The summed E-state index contributed by atoms with van der Waals surface area (Å²) in [6.45, 7) is 4.37. The molecule has 1 aromatic rings. The molecule has 0 aliphatic carbocycles. The van der Waals surface area contributed by atoms with Crippen molar-refractivity contribution < 1.29 is 14.6 Å². The van der Waals surface area contributed by atoms with E-state index in [0.717, 1.165) is 44.5 Å². The van der Waals surface area contributed by atoms with Crippen LogP contribution >= 0.6 is 0 Å². The lowest BCUT2D eigenvalue weighted by Gasteiger charge is -2.26. The van der Waals surface area contributed by atoms with Crippen LogP contribution in [0.15, 0.2) is 30.3 Å². The third-order valence-electron chi connectivity index (χ3n) is 2.88. The standard InChI is InChI=1S/C14H17NO3/c16-14(17)5-4-12-2-1-3-13(10-12)11-15-6-8-18-9-7-15/h1-5,10H,6-9,11H2,(H,16,17). The molecule has 0 aromatic heterocycles. The molecule has 4 nitrogen and oxygen atoms in total. The van der Waals surface area contributed by atoms with E-state index in [1.165, 1.54) is 5.56 Å². The quantitative estimate of drug-likeness (QED) is 0.821. The summed E-state index contributed by atoms with van der Waals surface area (Å²) >= 11 is 0. The van der Waals surface area contributed by atoms with Crippen molar-refractivity contribution in [2.75, 3.05) is 26.3 Å². The van der Waals surface area contributed by atoms with Crippen LogP contribution in [0.1, 0.15) is 11.1 Å². The molecule has 0 atom stereocenters. The van der Waals surface area contributed by atoms with Crippen molar-refractivity contribution in [2.45, 2.75) is 6.54 Å². The van der Waals surface area contributed by atoms with E-state index in [0.29, 0.717) is 0 Å². The van der Waals surface area contributed by atoms with Crippen LogP contribution < -0.4 is 0 Å². The Bertz CT molecular complexity index is 436. The molecule has 96 valence electrons. The lowest BCUT2D eigenvalue weighted by molar-refractivity contribution is -0.131. The fourth-order valence-corrected chi connectivity index (χ4v) is 1.98. The summed E-state index contributed by atoms with van der Waals surface area (Å²) in [4.78, 5) is 12.8. The van der Waals surface area contributed by atoms with E-state index in [1.54, 1.807) is 6.08 Å². The van der Waals surface area contributed by atoms with E-state index in [1.807, 2.05) is 18.2 Å². The van der Waals surface area contributed by atoms with Gasteiger partial charge >= 0.3 is 5.97 Å². The van der Waals surface area contributed by atoms with Gasteiger partial charge in [-0.25, -0.2) is 4.79 Å². The van der Waals surface area contributed by atoms with Crippen molar-refractivity contribution in [2.24, 2.45) is 0 Å². The molecular weight excluding hydrogens is 230 g/mol. The highest BCUT2D eigenvalue weighted by Crippen LogP contribution is 2.11. The number of carboxylic acid groups (broad SMARTS) is 1. The number of benzene rings is 1. The van der Waals surface area contributed by atoms with Gasteiger partial charge in [-0.15, -0.1) is 0 Å². The Morgan fingerprint density at radius 2 is 2.17 bits per heavy atom. The molecule has 18 heavy (non-hydrogen) atoms. The van der Waals surface area contributed by atoms with Gasteiger partial charge in [0.15, 0.2) is 0 Å². The highest BCUT2D eigenvalue weighted by Gasteiger charge is 2.10. The average molecular weight is 247 g/mol. The highest BCUT2D eigenvalue weighted by molar-refractivity contribution is 5.85. The minimum Gasteiger partial charge on any atom is -0.478 e. The van der Waals surface area contributed by atoms with Crippen LogP contribution in [0.5, 0.6) is 0 Å². The molecular formula is C14H17NO3. The molecule has 0 radical (unpaired) electrons. The summed E-state index contributed by atoms with van der Waals surface area (Å²) in [6, 6.07) is 7.95.